The van der Waals surface area contributed by atoms with E-state index in [-0.39, 0.29) is 17.2 Å². The molecule has 0 bridgehead atoms. The lowest BCUT2D eigenvalue weighted by atomic mass is 10.1. The van der Waals surface area contributed by atoms with E-state index in [1.807, 2.05) is 49.6 Å². The van der Waals surface area contributed by atoms with Gasteiger partial charge in [-0.2, -0.15) is 0 Å². The first kappa shape index (κ1) is 22.3. The predicted molar refractivity (Wildman–Crippen MR) is 134 cm³/mol. The van der Waals surface area contributed by atoms with Crippen molar-refractivity contribution >= 4 is 44.9 Å². The van der Waals surface area contributed by atoms with Crippen molar-refractivity contribution in [1.82, 2.24) is 9.55 Å². The molecule has 4 rings (SSSR count). The van der Waals surface area contributed by atoms with Crippen molar-refractivity contribution in [2.45, 2.75) is 39.4 Å². The molecule has 2 aromatic carbocycles. The van der Waals surface area contributed by atoms with Crippen molar-refractivity contribution in [3.05, 3.63) is 86.0 Å². The van der Waals surface area contributed by atoms with Crippen molar-refractivity contribution in [1.29, 1.82) is 0 Å². The van der Waals surface area contributed by atoms with Crippen LogP contribution in [0, 0.1) is 27.7 Å². The Morgan fingerprint density at radius 1 is 1.06 bits per heavy atom. The van der Waals surface area contributed by atoms with Gasteiger partial charge in [-0.15, -0.1) is 11.3 Å². The number of hydrogen-bond acceptors (Lipinski definition) is 5. The van der Waals surface area contributed by atoms with Gasteiger partial charge in [0.05, 0.1) is 17.8 Å². The Kier molecular flexibility index (Phi) is 6.48. The van der Waals surface area contributed by atoms with Crippen LogP contribution in [0.1, 0.15) is 27.8 Å². The fraction of sp³-hybridized carbons (Fsp3) is 0.240. The van der Waals surface area contributed by atoms with Gasteiger partial charge in [-0.05, 0) is 73.0 Å². The van der Waals surface area contributed by atoms with Gasteiger partial charge in [-0.25, -0.2) is 4.98 Å². The van der Waals surface area contributed by atoms with Crippen LogP contribution in [0.3, 0.4) is 0 Å². The van der Waals surface area contributed by atoms with Gasteiger partial charge in [0.2, 0.25) is 5.91 Å². The second-order valence-corrected chi connectivity index (χ2v) is 9.78. The van der Waals surface area contributed by atoms with Crippen molar-refractivity contribution in [2.75, 3.05) is 11.1 Å². The highest BCUT2D eigenvalue weighted by atomic mass is 32.2. The number of aromatic nitrogens is 2. The van der Waals surface area contributed by atoms with Gasteiger partial charge < -0.3 is 5.32 Å². The molecule has 0 saturated heterocycles. The van der Waals surface area contributed by atoms with Crippen LogP contribution in [0.4, 0.5) is 5.69 Å². The highest BCUT2D eigenvalue weighted by Gasteiger charge is 2.15. The lowest BCUT2D eigenvalue weighted by Gasteiger charge is -2.14. The molecule has 5 nitrogen and oxygen atoms in total. The first-order valence-corrected chi connectivity index (χ1v) is 12.2. The topological polar surface area (TPSA) is 64.0 Å². The van der Waals surface area contributed by atoms with Crippen molar-refractivity contribution < 1.29 is 4.79 Å². The zero-order valence-corrected chi connectivity index (χ0v) is 20.2. The number of amides is 1. The molecule has 0 fully saturated rings. The summed E-state index contributed by atoms with van der Waals surface area (Å²) in [6, 6.07) is 13.9. The molecule has 0 aliphatic carbocycles. The lowest BCUT2D eigenvalue weighted by molar-refractivity contribution is -0.113. The minimum absolute atomic E-state index is 0.0688. The van der Waals surface area contributed by atoms with E-state index in [1.54, 1.807) is 4.57 Å². The van der Waals surface area contributed by atoms with Crippen LogP contribution < -0.4 is 10.9 Å². The van der Waals surface area contributed by atoms with E-state index in [0.717, 1.165) is 22.4 Å². The third-order valence-corrected chi connectivity index (χ3v) is 7.52. The smallest absolute Gasteiger partial charge is 0.272 e. The Morgan fingerprint density at radius 3 is 2.66 bits per heavy atom. The molecule has 32 heavy (non-hydrogen) atoms. The summed E-state index contributed by atoms with van der Waals surface area (Å²) in [6.07, 6.45) is 0. The number of rotatable bonds is 6. The van der Waals surface area contributed by atoms with Crippen LogP contribution >= 0.6 is 23.1 Å². The first-order valence-electron chi connectivity index (χ1n) is 10.4. The summed E-state index contributed by atoms with van der Waals surface area (Å²) in [5, 5.41) is 5.41. The zero-order chi connectivity index (χ0) is 22.8. The molecule has 0 radical (unpaired) electrons. The molecule has 0 atom stereocenters. The Balaban J connectivity index is 1.60. The van der Waals surface area contributed by atoms with E-state index >= 15 is 0 Å². The molecule has 1 amide bonds. The highest BCUT2D eigenvalue weighted by molar-refractivity contribution is 7.99. The molecule has 1 N–H and O–H groups in total. The highest BCUT2D eigenvalue weighted by Crippen LogP contribution is 2.23. The molecule has 4 aromatic rings. The third-order valence-electron chi connectivity index (χ3n) is 5.65. The number of nitrogens with one attached hydrogen (secondary N) is 1. The second kappa shape index (κ2) is 9.30. The number of thiophene rings is 1. The first-order chi connectivity index (χ1) is 15.3. The van der Waals surface area contributed by atoms with Crippen LogP contribution in [0.15, 0.2) is 57.8 Å². The van der Waals surface area contributed by atoms with Crippen molar-refractivity contribution in [3.63, 3.8) is 0 Å². The number of thioether (sulfide) groups is 1. The molecule has 0 spiro atoms. The SMILES string of the molecule is Cc1ccc(Cn2c(SCC(=O)Nc3cccc(C)c3C)nc3ccsc3c2=O)cc1C. The van der Waals surface area contributed by atoms with Crippen molar-refractivity contribution in [2.24, 2.45) is 0 Å². The number of nitrogens with zero attached hydrogens (tertiary/aromatic N) is 2. The maximum atomic E-state index is 13.2. The molecule has 7 heteroatoms. The summed E-state index contributed by atoms with van der Waals surface area (Å²) in [5.74, 6) is 0.0451. The standard InChI is InChI=1S/C25H25N3O2S2/c1-15-8-9-19(12-17(15)3)13-28-24(30)23-21(10-11-31-23)27-25(28)32-14-22(29)26-20-7-5-6-16(2)18(20)4/h5-12H,13-14H2,1-4H3,(H,26,29). The maximum absolute atomic E-state index is 13.2. The molecular weight excluding hydrogens is 438 g/mol. The maximum Gasteiger partial charge on any atom is 0.272 e. The van der Waals surface area contributed by atoms with E-state index in [4.69, 9.17) is 4.98 Å². The summed E-state index contributed by atoms with van der Waals surface area (Å²) >= 11 is 2.69. The number of aryl methyl sites for hydroxylation is 3. The van der Waals surface area contributed by atoms with Crippen molar-refractivity contribution in [3.8, 4) is 0 Å². The Hall–Kier alpha value is -2.90. The summed E-state index contributed by atoms with van der Waals surface area (Å²) in [4.78, 5) is 30.6. The van der Waals surface area contributed by atoms with Gasteiger partial charge in [0.25, 0.3) is 5.56 Å². The van der Waals surface area contributed by atoms with Gasteiger partial charge in [0.1, 0.15) is 4.70 Å². The lowest BCUT2D eigenvalue weighted by Crippen LogP contribution is -2.24. The Morgan fingerprint density at radius 2 is 1.88 bits per heavy atom. The number of benzene rings is 2. The molecule has 2 aromatic heterocycles. The monoisotopic (exact) mass is 463 g/mol. The van der Waals surface area contributed by atoms with Gasteiger partial charge in [0, 0.05) is 5.69 Å². The van der Waals surface area contributed by atoms with E-state index in [2.05, 4.69) is 31.3 Å². The van der Waals surface area contributed by atoms with E-state index < -0.39 is 0 Å². The van der Waals surface area contributed by atoms with Crippen LogP contribution in [-0.4, -0.2) is 21.2 Å². The Labute approximate surface area is 195 Å². The van der Waals surface area contributed by atoms with Gasteiger partial charge in [-0.3, -0.25) is 14.2 Å². The van der Waals surface area contributed by atoms with E-state index in [1.165, 1.54) is 34.2 Å². The molecule has 0 saturated carbocycles. The molecule has 164 valence electrons. The second-order valence-electron chi connectivity index (χ2n) is 7.92. The normalized spacial score (nSPS) is 11.1. The molecular formula is C25H25N3O2S2. The third kappa shape index (κ3) is 4.64. The minimum Gasteiger partial charge on any atom is -0.325 e. The van der Waals surface area contributed by atoms with Crippen LogP contribution in [0.5, 0.6) is 0 Å². The van der Waals surface area contributed by atoms with Gasteiger partial charge in [-0.1, -0.05) is 42.1 Å². The van der Waals surface area contributed by atoms with Crippen LogP contribution in [-0.2, 0) is 11.3 Å². The fourth-order valence-electron chi connectivity index (χ4n) is 3.46. The van der Waals surface area contributed by atoms with Crippen LogP contribution in [0.25, 0.3) is 10.2 Å². The zero-order valence-electron chi connectivity index (χ0n) is 18.6. The average molecular weight is 464 g/mol. The number of anilines is 1. The molecule has 2 heterocycles. The summed E-state index contributed by atoms with van der Waals surface area (Å²) in [7, 11) is 0. The fourth-order valence-corrected chi connectivity index (χ4v) is 5.04. The number of fused-ring (bicyclic) bond motifs is 1. The summed E-state index contributed by atoms with van der Waals surface area (Å²) in [6.45, 7) is 8.56. The largest absolute Gasteiger partial charge is 0.325 e. The Bertz CT molecular complexity index is 1370. The molecule has 0 unspecified atom stereocenters. The van der Waals surface area contributed by atoms with E-state index in [9.17, 15) is 9.59 Å². The minimum atomic E-state index is -0.124. The summed E-state index contributed by atoms with van der Waals surface area (Å²) in [5.41, 5.74) is 7.03. The number of carbonyl (C=O) groups excluding carboxylic acids is 1. The van der Waals surface area contributed by atoms with Crippen LogP contribution in [0.2, 0.25) is 0 Å². The number of carbonyl (C=O) groups is 1. The van der Waals surface area contributed by atoms with Gasteiger partial charge in [0.15, 0.2) is 5.16 Å². The molecule has 0 aliphatic heterocycles. The average Bonchev–Trinajstić information content (AvgIpc) is 3.23. The predicted octanol–water partition coefficient (Wildman–Crippen LogP) is 5.47. The quantitative estimate of drug-likeness (QED) is 0.304. The summed E-state index contributed by atoms with van der Waals surface area (Å²) < 4.78 is 2.32. The number of hydrogen-bond donors (Lipinski definition) is 1. The van der Waals surface area contributed by atoms with E-state index in [0.29, 0.717) is 21.9 Å². The molecule has 0 aliphatic rings. The van der Waals surface area contributed by atoms with Gasteiger partial charge >= 0.3 is 0 Å².